The zero-order valence-corrected chi connectivity index (χ0v) is 17.1. The third-order valence-corrected chi connectivity index (χ3v) is 5.83. The van der Waals surface area contributed by atoms with Crippen molar-refractivity contribution in [3.8, 4) is 17.0 Å². The molecule has 2 N–H and O–H groups in total. The molecule has 0 bridgehead atoms. The maximum atomic E-state index is 10.8. The molecule has 0 fully saturated rings. The van der Waals surface area contributed by atoms with Gasteiger partial charge in [-0.1, -0.05) is 53.3 Å². The van der Waals surface area contributed by atoms with Gasteiger partial charge in [-0.05, 0) is 23.0 Å². The maximum absolute atomic E-state index is 10.8. The van der Waals surface area contributed by atoms with Crippen LogP contribution >= 0.6 is 23.1 Å². The second-order valence-electron chi connectivity index (χ2n) is 8.10. The van der Waals surface area contributed by atoms with E-state index in [0.29, 0.717) is 5.75 Å². The van der Waals surface area contributed by atoms with Crippen LogP contribution in [0.25, 0.3) is 11.3 Å². The Kier molecular flexibility index (Phi) is 5.54. The van der Waals surface area contributed by atoms with Crippen LogP contribution in [0.3, 0.4) is 0 Å². The average molecular weight is 380 g/mol. The van der Waals surface area contributed by atoms with E-state index in [4.69, 9.17) is 5.11 Å². The van der Waals surface area contributed by atoms with Crippen molar-refractivity contribution in [2.75, 3.05) is 5.75 Å². The number of phenols is 1. The average Bonchev–Trinajstić information content (AvgIpc) is 2.91. The molecule has 0 radical (unpaired) electrons. The zero-order valence-electron chi connectivity index (χ0n) is 15.5. The molecule has 1 aromatic heterocycles. The predicted octanol–water partition coefficient (Wildman–Crippen LogP) is 5.29. The molecule has 0 saturated heterocycles. The van der Waals surface area contributed by atoms with Crippen molar-refractivity contribution < 1.29 is 15.0 Å². The van der Waals surface area contributed by atoms with Crippen LogP contribution in [0.1, 0.15) is 52.7 Å². The molecular formula is C19H25NO3S2. The highest BCUT2D eigenvalue weighted by molar-refractivity contribution is 8.01. The number of aliphatic carboxylic acids is 1. The van der Waals surface area contributed by atoms with Crippen LogP contribution in [0.5, 0.6) is 5.75 Å². The van der Waals surface area contributed by atoms with Gasteiger partial charge in [0.05, 0.1) is 11.4 Å². The number of carbonyl (C=O) groups is 1. The normalized spacial score (nSPS) is 12.4. The summed E-state index contributed by atoms with van der Waals surface area (Å²) in [6.45, 7) is 12.5. The lowest BCUT2D eigenvalue weighted by Gasteiger charge is -2.28. The smallest absolute Gasteiger partial charge is 0.313 e. The second-order valence-corrected chi connectivity index (χ2v) is 10.2. The minimum Gasteiger partial charge on any atom is -0.507 e. The molecule has 2 rings (SSSR count). The Bertz CT molecular complexity index is 748. The monoisotopic (exact) mass is 379 g/mol. The minimum atomic E-state index is -0.851. The standard InChI is InChI=1S/C19H25NO3S2/c1-18(2,3)12-7-11(8-13(16(12)23)19(4,5)6)14-9-24-17(20-14)25-10-15(21)22/h7-9,23H,10H2,1-6H3,(H,21,22). The summed E-state index contributed by atoms with van der Waals surface area (Å²) < 4.78 is 0.736. The Hall–Kier alpha value is -1.53. The molecule has 0 aliphatic rings. The topological polar surface area (TPSA) is 70.4 Å². The van der Waals surface area contributed by atoms with Crippen molar-refractivity contribution in [1.29, 1.82) is 0 Å². The Balaban J connectivity index is 2.53. The van der Waals surface area contributed by atoms with Gasteiger partial charge in [0.15, 0.2) is 4.34 Å². The van der Waals surface area contributed by atoms with Crippen LogP contribution in [-0.2, 0) is 15.6 Å². The number of aromatic hydroxyl groups is 1. The number of carboxylic acid groups (broad SMARTS) is 1. The number of aromatic nitrogens is 1. The number of nitrogens with zero attached hydrogens (tertiary/aromatic N) is 1. The summed E-state index contributed by atoms with van der Waals surface area (Å²) >= 11 is 2.67. The van der Waals surface area contributed by atoms with Gasteiger partial charge in [-0.2, -0.15) is 0 Å². The summed E-state index contributed by atoms with van der Waals surface area (Å²) in [5, 5.41) is 21.5. The lowest BCUT2D eigenvalue weighted by Crippen LogP contribution is -2.17. The Morgan fingerprint density at radius 1 is 1.12 bits per heavy atom. The molecule has 0 aliphatic heterocycles. The first-order chi connectivity index (χ1) is 11.4. The second kappa shape index (κ2) is 7.00. The van der Waals surface area contributed by atoms with Gasteiger partial charge in [0.25, 0.3) is 0 Å². The van der Waals surface area contributed by atoms with Crippen molar-refractivity contribution >= 4 is 29.1 Å². The predicted molar refractivity (Wildman–Crippen MR) is 105 cm³/mol. The highest BCUT2D eigenvalue weighted by atomic mass is 32.2. The number of benzene rings is 1. The molecule has 4 nitrogen and oxygen atoms in total. The van der Waals surface area contributed by atoms with E-state index in [0.717, 1.165) is 26.7 Å². The van der Waals surface area contributed by atoms with E-state index in [2.05, 4.69) is 46.5 Å². The van der Waals surface area contributed by atoms with E-state index >= 15 is 0 Å². The molecule has 0 saturated carbocycles. The summed E-state index contributed by atoms with van der Waals surface area (Å²) in [6, 6.07) is 3.98. The van der Waals surface area contributed by atoms with Crippen LogP contribution in [0.4, 0.5) is 0 Å². The van der Waals surface area contributed by atoms with Crippen LogP contribution in [-0.4, -0.2) is 26.9 Å². The van der Waals surface area contributed by atoms with Gasteiger partial charge >= 0.3 is 5.97 Å². The molecule has 0 unspecified atom stereocenters. The third-order valence-electron chi connectivity index (χ3n) is 3.82. The molecule has 136 valence electrons. The fraction of sp³-hybridized carbons (Fsp3) is 0.474. The molecule has 2 aromatic rings. The lowest BCUT2D eigenvalue weighted by molar-refractivity contribution is -0.133. The zero-order chi connectivity index (χ0) is 19.0. The molecule has 1 aromatic carbocycles. The quantitative estimate of drug-likeness (QED) is 0.707. The summed E-state index contributed by atoms with van der Waals surface area (Å²) in [4.78, 5) is 15.3. The number of carboxylic acids is 1. The number of phenolic OH excluding ortho intramolecular Hbond substituents is 1. The van der Waals surface area contributed by atoms with E-state index in [-0.39, 0.29) is 16.6 Å². The van der Waals surface area contributed by atoms with Crippen molar-refractivity contribution in [1.82, 2.24) is 4.98 Å². The van der Waals surface area contributed by atoms with Crippen LogP contribution in [0.15, 0.2) is 21.9 Å². The Morgan fingerprint density at radius 2 is 1.64 bits per heavy atom. The highest BCUT2D eigenvalue weighted by Crippen LogP contribution is 2.42. The van der Waals surface area contributed by atoms with E-state index in [1.165, 1.54) is 23.1 Å². The Labute approximate surface area is 157 Å². The minimum absolute atomic E-state index is 0.00299. The SMILES string of the molecule is CC(C)(C)c1cc(-c2csc(SCC(=O)O)n2)cc(C(C)(C)C)c1O. The summed E-state index contributed by atoms with van der Waals surface area (Å²) in [5.74, 6) is -0.501. The summed E-state index contributed by atoms with van der Waals surface area (Å²) in [7, 11) is 0. The van der Waals surface area contributed by atoms with Crippen molar-refractivity contribution in [3.63, 3.8) is 0 Å². The number of rotatable bonds is 4. The lowest BCUT2D eigenvalue weighted by atomic mass is 9.78. The number of thiazole rings is 1. The van der Waals surface area contributed by atoms with Gasteiger partial charge in [0.1, 0.15) is 5.75 Å². The Morgan fingerprint density at radius 3 is 2.08 bits per heavy atom. The molecule has 6 heteroatoms. The van der Waals surface area contributed by atoms with Crippen molar-refractivity contribution in [3.05, 3.63) is 28.6 Å². The fourth-order valence-corrected chi connectivity index (χ4v) is 4.06. The van der Waals surface area contributed by atoms with E-state index < -0.39 is 5.97 Å². The van der Waals surface area contributed by atoms with Crippen LogP contribution in [0, 0.1) is 0 Å². The first-order valence-electron chi connectivity index (χ1n) is 8.08. The van der Waals surface area contributed by atoms with Gasteiger partial charge in [0, 0.05) is 22.1 Å². The largest absolute Gasteiger partial charge is 0.507 e. The molecule has 0 spiro atoms. The molecule has 25 heavy (non-hydrogen) atoms. The molecule has 0 atom stereocenters. The number of thioether (sulfide) groups is 1. The van der Waals surface area contributed by atoms with Crippen LogP contribution in [0.2, 0.25) is 0 Å². The summed E-state index contributed by atoms with van der Waals surface area (Å²) in [5.41, 5.74) is 3.15. The molecule has 1 heterocycles. The highest BCUT2D eigenvalue weighted by Gasteiger charge is 2.27. The van der Waals surface area contributed by atoms with E-state index in [9.17, 15) is 9.90 Å². The van der Waals surface area contributed by atoms with E-state index in [1.807, 2.05) is 17.5 Å². The van der Waals surface area contributed by atoms with Gasteiger partial charge in [-0.15, -0.1) is 11.3 Å². The van der Waals surface area contributed by atoms with Gasteiger partial charge < -0.3 is 10.2 Å². The third kappa shape index (κ3) is 4.76. The van der Waals surface area contributed by atoms with Crippen LogP contribution < -0.4 is 0 Å². The first-order valence-corrected chi connectivity index (χ1v) is 9.94. The maximum Gasteiger partial charge on any atom is 0.313 e. The van der Waals surface area contributed by atoms with E-state index in [1.54, 1.807) is 0 Å². The van der Waals surface area contributed by atoms with Crippen molar-refractivity contribution in [2.45, 2.75) is 56.7 Å². The number of hydrogen-bond acceptors (Lipinski definition) is 5. The number of hydrogen-bond donors (Lipinski definition) is 2. The molecular weight excluding hydrogens is 354 g/mol. The van der Waals surface area contributed by atoms with Gasteiger partial charge in [-0.25, -0.2) is 4.98 Å². The first kappa shape index (κ1) is 19.8. The molecule has 0 aliphatic carbocycles. The molecule has 0 amide bonds. The van der Waals surface area contributed by atoms with Crippen molar-refractivity contribution in [2.24, 2.45) is 0 Å². The summed E-state index contributed by atoms with van der Waals surface area (Å²) in [6.07, 6.45) is 0. The fourth-order valence-electron chi connectivity index (χ4n) is 2.51. The van der Waals surface area contributed by atoms with Gasteiger partial charge in [0.2, 0.25) is 0 Å². The van der Waals surface area contributed by atoms with Gasteiger partial charge in [-0.3, -0.25) is 4.79 Å².